The minimum atomic E-state index is -0.627. The van der Waals surface area contributed by atoms with Crippen molar-refractivity contribution in [2.24, 2.45) is 0 Å². The molecule has 0 saturated carbocycles. The molecular weight excluding hydrogens is 316 g/mol. The molecule has 1 heterocycles. The van der Waals surface area contributed by atoms with Crippen LogP contribution in [0.3, 0.4) is 0 Å². The lowest BCUT2D eigenvalue weighted by Crippen LogP contribution is -2.26. The van der Waals surface area contributed by atoms with Gasteiger partial charge in [-0.2, -0.15) is 0 Å². The van der Waals surface area contributed by atoms with E-state index in [4.69, 9.17) is 17.3 Å². The molecule has 0 radical (unpaired) electrons. The number of carbonyl (C=O) groups is 1. The predicted octanol–water partition coefficient (Wildman–Crippen LogP) is 2.26. The Morgan fingerprint density at radius 3 is 2.90 bits per heavy atom. The smallest absolute Gasteiger partial charge is 0.271 e. The highest BCUT2D eigenvalue weighted by atomic mass is 35.5. The molecule has 3 N–H and O–H groups in total. The van der Waals surface area contributed by atoms with E-state index in [-0.39, 0.29) is 22.0 Å². The third kappa shape index (κ3) is 3.67. The zero-order valence-electron chi connectivity index (χ0n) is 10.7. The van der Waals surface area contributed by atoms with Gasteiger partial charge in [-0.1, -0.05) is 11.6 Å². The highest BCUT2D eigenvalue weighted by molar-refractivity contribution is 7.09. The Balaban J connectivity index is 2.09. The van der Waals surface area contributed by atoms with Gasteiger partial charge in [-0.05, 0) is 0 Å². The van der Waals surface area contributed by atoms with Crippen LogP contribution in [0.1, 0.15) is 15.4 Å². The molecule has 0 atom stereocenters. The molecule has 1 aromatic heterocycles. The Morgan fingerprint density at radius 2 is 2.29 bits per heavy atom. The number of hydrogen-bond donors (Lipinski definition) is 2. The molecule has 0 bridgehead atoms. The lowest BCUT2D eigenvalue weighted by molar-refractivity contribution is -0.384. The summed E-state index contributed by atoms with van der Waals surface area (Å²) in [5, 5.41) is 16.1. The topological polar surface area (TPSA) is 111 Å². The highest BCUT2D eigenvalue weighted by Crippen LogP contribution is 2.28. The summed E-state index contributed by atoms with van der Waals surface area (Å²) in [6.45, 7) is 0.353. The number of nitrogen functional groups attached to an aromatic ring is 1. The number of nitro groups is 1. The second-order valence-corrected chi connectivity index (χ2v) is 5.46. The van der Waals surface area contributed by atoms with Gasteiger partial charge < -0.3 is 11.1 Å². The Morgan fingerprint density at radius 1 is 1.52 bits per heavy atom. The molecule has 0 aliphatic rings. The number of nitrogens with one attached hydrogen (secondary N) is 1. The van der Waals surface area contributed by atoms with E-state index in [1.54, 1.807) is 6.20 Å². The summed E-state index contributed by atoms with van der Waals surface area (Å²) in [5.74, 6) is -0.505. The number of nitrogens with two attached hydrogens (primary N) is 1. The van der Waals surface area contributed by atoms with Gasteiger partial charge in [0.15, 0.2) is 0 Å². The standard InChI is InChI=1S/C12H11ClN4O3S/c13-9-6-7(17(19)20)5-8(11(9)14)12(18)16-2-1-10-15-3-4-21-10/h3-6H,1-2,14H2,(H,16,18). The van der Waals surface area contributed by atoms with Crippen molar-refractivity contribution in [3.63, 3.8) is 0 Å². The van der Waals surface area contributed by atoms with Gasteiger partial charge in [-0.15, -0.1) is 11.3 Å². The molecule has 2 rings (SSSR count). The van der Waals surface area contributed by atoms with E-state index in [9.17, 15) is 14.9 Å². The third-order valence-electron chi connectivity index (χ3n) is 2.68. The van der Waals surface area contributed by atoms with E-state index in [0.717, 1.165) is 17.1 Å². The van der Waals surface area contributed by atoms with Crippen LogP contribution in [-0.4, -0.2) is 22.4 Å². The number of carbonyl (C=O) groups excluding carboxylic acids is 1. The van der Waals surface area contributed by atoms with Crippen LogP contribution in [-0.2, 0) is 6.42 Å². The number of non-ortho nitro benzene ring substituents is 1. The van der Waals surface area contributed by atoms with Gasteiger partial charge >= 0.3 is 0 Å². The van der Waals surface area contributed by atoms with Crippen LogP contribution in [0.2, 0.25) is 5.02 Å². The molecule has 1 amide bonds. The lowest BCUT2D eigenvalue weighted by Gasteiger charge is -2.08. The van der Waals surface area contributed by atoms with Crippen molar-refractivity contribution in [1.29, 1.82) is 0 Å². The molecule has 0 aliphatic carbocycles. The molecular formula is C12H11ClN4O3S. The van der Waals surface area contributed by atoms with Crippen LogP contribution in [0.25, 0.3) is 0 Å². The zero-order chi connectivity index (χ0) is 15.4. The van der Waals surface area contributed by atoms with Crippen LogP contribution in [0.5, 0.6) is 0 Å². The number of nitro benzene ring substituents is 1. The van der Waals surface area contributed by atoms with Gasteiger partial charge in [-0.25, -0.2) is 4.98 Å². The first-order valence-corrected chi connectivity index (χ1v) is 7.14. The fourth-order valence-electron chi connectivity index (χ4n) is 1.65. The maximum absolute atomic E-state index is 12.0. The summed E-state index contributed by atoms with van der Waals surface area (Å²) in [6.07, 6.45) is 2.26. The number of nitrogens with zero attached hydrogens (tertiary/aromatic N) is 2. The van der Waals surface area contributed by atoms with Crippen LogP contribution in [0, 0.1) is 10.1 Å². The van der Waals surface area contributed by atoms with Crippen molar-refractivity contribution in [1.82, 2.24) is 10.3 Å². The summed E-state index contributed by atoms with van der Waals surface area (Å²) in [5.41, 5.74) is 5.43. The highest BCUT2D eigenvalue weighted by Gasteiger charge is 2.18. The Kier molecular flexibility index (Phi) is 4.71. The van der Waals surface area contributed by atoms with Crippen molar-refractivity contribution in [3.05, 3.63) is 49.4 Å². The van der Waals surface area contributed by atoms with Gasteiger partial charge in [0.05, 0.1) is 26.2 Å². The molecule has 21 heavy (non-hydrogen) atoms. The second kappa shape index (κ2) is 6.51. The fraction of sp³-hybridized carbons (Fsp3) is 0.167. The van der Waals surface area contributed by atoms with Gasteiger partial charge in [0.2, 0.25) is 0 Å². The van der Waals surface area contributed by atoms with Crippen LogP contribution in [0.4, 0.5) is 11.4 Å². The van der Waals surface area contributed by atoms with Gasteiger partial charge in [0, 0.05) is 36.7 Å². The molecule has 0 aliphatic heterocycles. The molecule has 1 aromatic carbocycles. The minimum Gasteiger partial charge on any atom is -0.397 e. The largest absolute Gasteiger partial charge is 0.397 e. The number of amides is 1. The average molecular weight is 327 g/mol. The normalized spacial score (nSPS) is 10.3. The van der Waals surface area contributed by atoms with Crippen molar-refractivity contribution in [3.8, 4) is 0 Å². The van der Waals surface area contributed by atoms with Gasteiger partial charge in [0.1, 0.15) is 0 Å². The minimum absolute atomic E-state index is 0.00617. The first-order chi connectivity index (χ1) is 9.99. The number of halogens is 1. The quantitative estimate of drug-likeness (QED) is 0.497. The van der Waals surface area contributed by atoms with E-state index in [1.807, 2.05) is 5.38 Å². The number of rotatable bonds is 5. The monoisotopic (exact) mass is 326 g/mol. The molecule has 110 valence electrons. The molecule has 0 saturated heterocycles. The fourth-order valence-corrected chi connectivity index (χ4v) is 2.49. The van der Waals surface area contributed by atoms with E-state index in [2.05, 4.69) is 10.3 Å². The maximum atomic E-state index is 12.0. The summed E-state index contributed by atoms with van der Waals surface area (Å²) in [7, 11) is 0. The number of thiazole rings is 1. The van der Waals surface area contributed by atoms with E-state index < -0.39 is 10.8 Å². The number of aromatic nitrogens is 1. The van der Waals surface area contributed by atoms with Gasteiger partial charge in [0.25, 0.3) is 11.6 Å². The van der Waals surface area contributed by atoms with Crippen LogP contribution >= 0.6 is 22.9 Å². The second-order valence-electron chi connectivity index (χ2n) is 4.08. The first-order valence-electron chi connectivity index (χ1n) is 5.89. The Labute approximate surface area is 128 Å². The molecule has 0 unspecified atom stereocenters. The molecule has 0 fully saturated rings. The molecule has 0 spiro atoms. The summed E-state index contributed by atoms with van der Waals surface area (Å²) in [6, 6.07) is 2.23. The van der Waals surface area contributed by atoms with Crippen molar-refractivity contribution in [2.45, 2.75) is 6.42 Å². The van der Waals surface area contributed by atoms with Crippen molar-refractivity contribution >= 4 is 40.2 Å². The van der Waals surface area contributed by atoms with E-state index in [1.165, 1.54) is 11.3 Å². The average Bonchev–Trinajstić information content (AvgIpc) is 2.94. The Bertz CT molecular complexity index is 675. The summed E-state index contributed by atoms with van der Waals surface area (Å²) >= 11 is 7.29. The van der Waals surface area contributed by atoms with Crippen molar-refractivity contribution in [2.75, 3.05) is 12.3 Å². The summed E-state index contributed by atoms with van der Waals surface area (Å²) in [4.78, 5) is 26.3. The van der Waals surface area contributed by atoms with Crippen LogP contribution in [0.15, 0.2) is 23.7 Å². The third-order valence-corrected chi connectivity index (χ3v) is 3.83. The summed E-state index contributed by atoms with van der Waals surface area (Å²) < 4.78 is 0. The van der Waals surface area contributed by atoms with Crippen LogP contribution < -0.4 is 11.1 Å². The van der Waals surface area contributed by atoms with Crippen molar-refractivity contribution < 1.29 is 9.72 Å². The first kappa shape index (κ1) is 15.2. The SMILES string of the molecule is Nc1c(Cl)cc([N+](=O)[O-])cc1C(=O)NCCc1nccs1. The predicted molar refractivity (Wildman–Crippen MR) is 80.7 cm³/mol. The molecule has 9 heteroatoms. The molecule has 2 aromatic rings. The Hall–Kier alpha value is -2.19. The van der Waals surface area contributed by atoms with E-state index in [0.29, 0.717) is 13.0 Å². The molecule has 7 nitrogen and oxygen atoms in total. The zero-order valence-corrected chi connectivity index (χ0v) is 12.3. The number of anilines is 1. The lowest BCUT2D eigenvalue weighted by atomic mass is 10.1. The van der Waals surface area contributed by atoms with E-state index >= 15 is 0 Å². The maximum Gasteiger partial charge on any atom is 0.271 e. The van der Waals surface area contributed by atoms with Gasteiger partial charge in [-0.3, -0.25) is 14.9 Å². The number of hydrogen-bond acceptors (Lipinski definition) is 6. The number of benzene rings is 1.